The van der Waals surface area contributed by atoms with Gasteiger partial charge in [0.25, 0.3) is 5.91 Å². The predicted octanol–water partition coefficient (Wildman–Crippen LogP) is 6.27. The lowest BCUT2D eigenvalue weighted by Gasteiger charge is -2.35. The summed E-state index contributed by atoms with van der Waals surface area (Å²) in [7, 11) is 3.92. The van der Waals surface area contributed by atoms with E-state index in [1.165, 1.54) is 38.4 Å². The molecule has 3 aromatic heterocycles. The Labute approximate surface area is 360 Å². The van der Waals surface area contributed by atoms with Crippen LogP contribution in [-0.4, -0.2) is 108 Å². The first-order valence-corrected chi connectivity index (χ1v) is 22.8. The van der Waals surface area contributed by atoms with Crippen LogP contribution in [0.5, 0.6) is 0 Å². The number of esters is 1. The van der Waals surface area contributed by atoms with Gasteiger partial charge in [-0.15, -0.1) is 11.3 Å². The largest absolute Gasteiger partial charge is 0.464 e. The molecule has 14 heteroatoms. The first kappa shape index (κ1) is 41.0. The number of nitrogens with zero attached hydrogens (tertiary/aromatic N) is 6. The van der Waals surface area contributed by atoms with Crippen molar-refractivity contribution in [2.24, 2.45) is 23.2 Å². The number of methoxy groups -OCH3 is 1. The van der Waals surface area contributed by atoms with Gasteiger partial charge in [-0.3, -0.25) is 24.4 Å². The number of cyclic esters (lactones) is 1. The molecule has 0 spiro atoms. The molecule has 7 heterocycles. The van der Waals surface area contributed by atoms with Gasteiger partial charge in [0.15, 0.2) is 0 Å². The maximum atomic E-state index is 14.3. The molecule has 4 aromatic rings. The number of carbonyl (C=O) groups excluding carboxylic acids is 3. The van der Waals surface area contributed by atoms with Gasteiger partial charge in [0, 0.05) is 88.9 Å². The van der Waals surface area contributed by atoms with Crippen molar-refractivity contribution in [3.05, 3.63) is 51.6 Å². The molecule has 1 aromatic carbocycles. The first-order valence-electron chi connectivity index (χ1n) is 21.9. The molecule has 5 aliphatic rings. The Morgan fingerprint density at radius 3 is 2.62 bits per heavy atom. The van der Waals surface area contributed by atoms with E-state index in [0.717, 1.165) is 84.5 Å². The summed E-state index contributed by atoms with van der Waals surface area (Å²) >= 11 is 1.52. The molecule has 3 fully saturated rings. The van der Waals surface area contributed by atoms with Gasteiger partial charge in [-0.1, -0.05) is 27.7 Å². The fraction of sp³-hybridized carbons (Fsp3) is 0.587. The summed E-state index contributed by atoms with van der Waals surface area (Å²) in [5.74, 6) is -0.328. The predicted molar refractivity (Wildman–Crippen MR) is 238 cm³/mol. The Bertz CT molecular complexity index is 2320. The number of aryl methyl sites for hydroxylation is 2. The smallest absolute Gasteiger partial charge is 0.324 e. The number of rotatable bonds is 6. The highest BCUT2D eigenvalue weighted by molar-refractivity contribution is 7.10. The fourth-order valence-corrected chi connectivity index (χ4v) is 10.8. The molecule has 1 unspecified atom stereocenters. The molecule has 1 saturated carbocycles. The van der Waals surface area contributed by atoms with Crippen LogP contribution in [0.15, 0.2) is 29.8 Å². The quantitative estimate of drug-likeness (QED) is 0.214. The summed E-state index contributed by atoms with van der Waals surface area (Å²) < 4.78 is 14.7. The number of thiazole rings is 1. The van der Waals surface area contributed by atoms with Gasteiger partial charge in [0.2, 0.25) is 5.91 Å². The summed E-state index contributed by atoms with van der Waals surface area (Å²) in [6.45, 7) is 15.9. The zero-order valence-corrected chi connectivity index (χ0v) is 37.0. The van der Waals surface area contributed by atoms with E-state index >= 15 is 0 Å². The van der Waals surface area contributed by atoms with Gasteiger partial charge in [0.05, 0.1) is 52.2 Å². The molecule has 6 bridgehead atoms. The van der Waals surface area contributed by atoms with Crippen LogP contribution in [0, 0.1) is 23.2 Å². The minimum atomic E-state index is -0.831. The average Bonchev–Trinajstić information content (AvgIpc) is 3.50. The second-order valence-electron chi connectivity index (χ2n) is 18.8. The average molecular weight is 841 g/mol. The molecule has 324 valence electrons. The molecule has 2 N–H and O–H groups in total. The zero-order valence-electron chi connectivity index (χ0n) is 36.2. The van der Waals surface area contributed by atoms with Crippen molar-refractivity contribution in [3.8, 4) is 22.5 Å². The lowest BCUT2D eigenvalue weighted by molar-refractivity contribution is -0.155. The molecule has 2 amide bonds. The van der Waals surface area contributed by atoms with Crippen LogP contribution in [0.4, 0.5) is 5.69 Å². The molecule has 60 heavy (non-hydrogen) atoms. The monoisotopic (exact) mass is 840 g/mol. The topological polar surface area (TPSA) is 134 Å². The van der Waals surface area contributed by atoms with E-state index in [1.807, 2.05) is 6.20 Å². The second kappa shape index (κ2) is 16.2. The highest BCUT2D eigenvalue weighted by Gasteiger charge is 2.49. The van der Waals surface area contributed by atoms with Crippen molar-refractivity contribution in [2.75, 3.05) is 58.4 Å². The van der Waals surface area contributed by atoms with Gasteiger partial charge >= 0.3 is 5.97 Å². The van der Waals surface area contributed by atoms with E-state index in [4.69, 9.17) is 19.4 Å². The van der Waals surface area contributed by atoms with Crippen molar-refractivity contribution < 1.29 is 26.7 Å². The molecule has 1 aliphatic carbocycles. The molecule has 9 rings (SSSR count). The van der Waals surface area contributed by atoms with Gasteiger partial charge in [0.1, 0.15) is 12.1 Å². The number of pyridine rings is 1. The Hall–Kier alpha value is -4.37. The van der Waals surface area contributed by atoms with Crippen LogP contribution in [-0.2, 0) is 49.7 Å². The lowest BCUT2D eigenvalue weighted by Crippen LogP contribution is -2.60. The van der Waals surface area contributed by atoms with Gasteiger partial charge < -0.3 is 29.2 Å². The SMILES string of the molecule is CO[C@@H](C)c1ncc(N2CCN(C)CC2)cc1-c1c2c3cc(cc4c3n1CCC4)-c1csc(n1)C[C@H](NC(=O)C1[C@@H](C)[C@H]1C)C(=O)N1CCC[C@H](N1)C(=O)OCC(C)(C)C2.[HH].[HH]. The van der Waals surface area contributed by atoms with E-state index in [0.29, 0.717) is 25.8 Å². The van der Waals surface area contributed by atoms with Crippen LogP contribution in [0.3, 0.4) is 0 Å². The number of anilines is 1. The zero-order chi connectivity index (χ0) is 42.0. The van der Waals surface area contributed by atoms with Crippen molar-refractivity contribution in [2.45, 2.75) is 97.9 Å². The molecular weight excluding hydrogens is 777 g/mol. The molecule has 2 saturated heterocycles. The van der Waals surface area contributed by atoms with E-state index in [2.05, 4.69) is 90.4 Å². The lowest BCUT2D eigenvalue weighted by atomic mass is 9.84. The third-order valence-electron chi connectivity index (χ3n) is 13.9. The fourth-order valence-electron chi connectivity index (χ4n) is 9.97. The number of carbonyl (C=O) groups is 3. The van der Waals surface area contributed by atoms with Crippen molar-refractivity contribution in [1.82, 2.24) is 35.2 Å². The molecule has 0 radical (unpaired) electrons. The van der Waals surface area contributed by atoms with Crippen molar-refractivity contribution in [3.63, 3.8) is 0 Å². The van der Waals surface area contributed by atoms with E-state index < -0.39 is 17.5 Å². The van der Waals surface area contributed by atoms with Crippen LogP contribution >= 0.6 is 11.3 Å². The van der Waals surface area contributed by atoms with E-state index in [-0.39, 0.29) is 57.5 Å². The third-order valence-corrected chi connectivity index (χ3v) is 14.8. The molecule has 13 nitrogen and oxygen atoms in total. The minimum absolute atomic E-state index is 0. The number of hydrogen-bond donors (Lipinski definition) is 2. The summed E-state index contributed by atoms with van der Waals surface area (Å²) in [5.41, 5.74) is 12.6. The Kier molecular flexibility index (Phi) is 11.0. The van der Waals surface area contributed by atoms with Crippen LogP contribution in [0.1, 0.15) is 84.7 Å². The minimum Gasteiger partial charge on any atom is -0.464 e. The number of nitrogens with one attached hydrogen (secondary N) is 2. The Morgan fingerprint density at radius 2 is 1.87 bits per heavy atom. The van der Waals surface area contributed by atoms with Crippen molar-refractivity contribution >= 4 is 45.7 Å². The molecule has 4 aliphatic heterocycles. The van der Waals surface area contributed by atoms with Crippen LogP contribution in [0.2, 0.25) is 0 Å². The number of fused-ring (bicyclic) bond motifs is 6. The van der Waals surface area contributed by atoms with Gasteiger partial charge in [-0.25, -0.2) is 10.4 Å². The maximum Gasteiger partial charge on any atom is 0.324 e. The summed E-state index contributed by atoms with van der Waals surface area (Å²) in [6, 6.07) is 5.41. The number of hydrazine groups is 1. The number of likely N-dealkylation sites (N-methyl/N-ethyl adjacent to an activating group) is 1. The third kappa shape index (κ3) is 7.73. The van der Waals surface area contributed by atoms with Crippen molar-refractivity contribution in [1.29, 1.82) is 0 Å². The Morgan fingerprint density at radius 1 is 1.08 bits per heavy atom. The number of piperazine rings is 1. The Balaban J connectivity index is 0.00000289. The first-order chi connectivity index (χ1) is 28.8. The molecular formula is C46H64N8O5S. The van der Waals surface area contributed by atoms with Crippen LogP contribution < -0.4 is 15.6 Å². The number of hydrogen-bond acceptors (Lipinski definition) is 11. The number of aromatic nitrogens is 3. The number of amides is 2. The molecule has 6 atom stereocenters. The second-order valence-corrected chi connectivity index (χ2v) is 19.7. The van der Waals surface area contributed by atoms with Gasteiger partial charge in [-0.2, -0.15) is 0 Å². The summed E-state index contributed by atoms with van der Waals surface area (Å²) in [5, 5.41) is 8.65. The number of benzene rings is 1. The van der Waals surface area contributed by atoms with Crippen LogP contribution in [0.25, 0.3) is 33.4 Å². The van der Waals surface area contributed by atoms with Gasteiger partial charge in [-0.05, 0) is 87.2 Å². The highest BCUT2D eigenvalue weighted by atomic mass is 32.1. The van der Waals surface area contributed by atoms with E-state index in [1.54, 1.807) is 7.11 Å². The summed E-state index contributed by atoms with van der Waals surface area (Å²) in [4.78, 5) is 56.8. The highest BCUT2D eigenvalue weighted by Crippen LogP contribution is 2.47. The standard InChI is InChI=1S/C46H60N8O5S.2H2/c1-26-27(2)39(26)43(55)49-36-21-38-48-37(24-60-38)30-18-29-10-8-12-53-41(29)32(19-30)34(22-46(4,5)25-59-45(57)35-11-9-13-54(50-35)44(36)56)42(53)33-20-31(23-47-40(33)28(3)58-7)52-16-14-51(6)15-17-52;;/h18-20,23-24,26-28,35-36,39,50H,8-17,21-22,25H2,1-7H3,(H,49,55);2*1H/t26-,27+,28-,35-,36-,39?;;/m0../s1. The normalized spacial score (nSPS) is 26.4. The van der Waals surface area contributed by atoms with E-state index in [9.17, 15) is 14.4 Å². The number of ether oxygens (including phenoxy) is 2. The maximum absolute atomic E-state index is 14.3. The summed E-state index contributed by atoms with van der Waals surface area (Å²) in [6.07, 6.45) is 5.79.